The van der Waals surface area contributed by atoms with Gasteiger partial charge in [-0.2, -0.15) is 0 Å². The van der Waals surface area contributed by atoms with E-state index in [2.05, 4.69) is 29.2 Å². The molecule has 2 heterocycles. The summed E-state index contributed by atoms with van der Waals surface area (Å²) in [7, 11) is 0. The summed E-state index contributed by atoms with van der Waals surface area (Å²) in [5.41, 5.74) is 3.01. The molecule has 2 aliphatic heterocycles. The fourth-order valence-corrected chi connectivity index (χ4v) is 3.66. The van der Waals surface area contributed by atoms with E-state index >= 15 is 0 Å². The van der Waals surface area contributed by atoms with E-state index in [0.717, 1.165) is 29.9 Å². The first kappa shape index (κ1) is 16.9. The number of carbonyl (C=O) groups excluding carboxylic acids is 1. The molecule has 2 atom stereocenters. The van der Waals surface area contributed by atoms with Gasteiger partial charge in [0, 0.05) is 30.9 Å². The van der Waals surface area contributed by atoms with Crippen molar-refractivity contribution in [2.24, 2.45) is 0 Å². The summed E-state index contributed by atoms with van der Waals surface area (Å²) in [6.45, 7) is 5.11. The summed E-state index contributed by atoms with van der Waals surface area (Å²) < 4.78 is 6.07. The monoisotopic (exact) mass is 348 g/mol. The van der Waals surface area contributed by atoms with E-state index in [1.165, 1.54) is 0 Å². The predicted octanol–water partition coefficient (Wildman–Crippen LogP) is 3.67. The average molecular weight is 348 g/mol. The van der Waals surface area contributed by atoms with Crippen LogP contribution in [0.3, 0.4) is 0 Å². The summed E-state index contributed by atoms with van der Waals surface area (Å²) in [6, 6.07) is 18.1. The van der Waals surface area contributed by atoms with Gasteiger partial charge in [0.1, 0.15) is 6.10 Å². The molecule has 0 aliphatic carbocycles. The minimum Gasteiger partial charge on any atom is -0.367 e. The number of anilines is 1. The van der Waals surface area contributed by atoms with Crippen molar-refractivity contribution < 1.29 is 9.53 Å². The van der Waals surface area contributed by atoms with Crippen LogP contribution in [0.5, 0.6) is 0 Å². The van der Waals surface area contributed by atoms with Crippen molar-refractivity contribution in [2.45, 2.75) is 19.1 Å². The maximum absolute atomic E-state index is 13.0. The van der Waals surface area contributed by atoms with Crippen LogP contribution in [0.15, 0.2) is 66.7 Å². The second-order valence-electron chi connectivity index (χ2n) is 6.98. The second kappa shape index (κ2) is 7.34. The Hall–Kier alpha value is -2.59. The standard InChI is InChI=1S/C22H24N2O2/c1-17-15-24(16-21(26-17)18-7-3-2-4-8-18)22(25)19-9-11-20(12-10-19)23-13-5-6-14-23/h2-12,17,21H,13-16H2,1H3/t17-,21-/m1/s1. The Balaban J connectivity index is 1.48. The normalized spacial score (nSPS) is 22.7. The molecule has 1 saturated heterocycles. The number of hydrogen-bond acceptors (Lipinski definition) is 3. The van der Waals surface area contributed by atoms with Gasteiger partial charge in [-0.05, 0) is 36.8 Å². The molecule has 0 unspecified atom stereocenters. The number of benzene rings is 2. The van der Waals surface area contributed by atoms with Crippen LogP contribution in [0.2, 0.25) is 0 Å². The van der Waals surface area contributed by atoms with E-state index in [1.54, 1.807) is 0 Å². The van der Waals surface area contributed by atoms with Crippen LogP contribution in [0.25, 0.3) is 0 Å². The molecule has 2 aliphatic rings. The molecule has 0 aromatic heterocycles. The molecule has 1 amide bonds. The molecule has 0 bridgehead atoms. The number of morpholine rings is 1. The highest BCUT2D eigenvalue weighted by atomic mass is 16.5. The lowest BCUT2D eigenvalue weighted by atomic mass is 10.1. The topological polar surface area (TPSA) is 32.8 Å². The largest absolute Gasteiger partial charge is 0.367 e. The van der Waals surface area contributed by atoms with Crippen molar-refractivity contribution in [3.8, 4) is 0 Å². The van der Waals surface area contributed by atoms with Crippen molar-refractivity contribution in [2.75, 3.05) is 31.1 Å². The molecule has 26 heavy (non-hydrogen) atoms. The highest BCUT2D eigenvalue weighted by molar-refractivity contribution is 5.94. The van der Waals surface area contributed by atoms with E-state index in [9.17, 15) is 4.79 Å². The van der Waals surface area contributed by atoms with E-state index in [1.807, 2.05) is 54.3 Å². The Kier molecular flexibility index (Phi) is 4.76. The van der Waals surface area contributed by atoms with Crippen LogP contribution >= 0.6 is 0 Å². The fraction of sp³-hybridized carbons (Fsp3) is 0.318. The van der Waals surface area contributed by atoms with Gasteiger partial charge in [0.15, 0.2) is 0 Å². The third-order valence-electron chi connectivity index (χ3n) is 5.02. The molecule has 0 spiro atoms. The zero-order valence-electron chi connectivity index (χ0n) is 15.0. The Morgan fingerprint density at radius 2 is 1.65 bits per heavy atom. The Labute approximate surface area is 154 Å². The lowest BCUT2D eigenvalue weighted by Gasteiger charge is -2.37. The minimum atomic E-state index is -0.0705. The first-order valence-electron chi connectivity index (χ1n) is 9.20. The van der Waals surface area contributed by atoms with Gasteiger partial charge in [0.2, 0.25) is 0 Å². The van der Waals surface area contributed by atoms with Crippen molar-refractivity contribution in [1.29, 1.82) is 0 Å². The summed E-state index contributed by atoms with van der Waals surface area (Å²) in [6.07, 6.45) is 4.28. The third-order valence-corrected chi connectivity index (χ3v) is 5.02. The maximum atomic E-state index is 13.0. The Bertz CT molecular complexity index is 778. The van der Waals surface area contributed by atoms with Gasteiger partial charge in [-0.15, -0.1) is 0 Å². The minimum absolute atomic E-state index is 0.0212. The first-order valence-corrected chi connectivity index (χ1v) is 9.20. The van der Waals surface area contributed by atoms with Crippen LogP contribution in [0.4, 0.5) is 5.69 Å². The highest BCUT2D eigenvalue weighted by Crippen LogP contribution is 2.26. The number of carbonyl (C=O) groups is 1. The fourth-order valence-electron chi connectivity index (χ4n) is 3.66. The van der Waals surface area contributed by atoms with Crippen molar-refractivity contribution >= 4 is 11.6 Å². The van der Waals surface area contributed by atoms with Crippen LogP contribution in [0, 0.1) is 0 Å². The zero-order valence-corrected chi connectivity index (χ0v) is 15.0. The van der Waals surface area contributed by atoms with Gasteiger partial charge in [0.25, 0.3) is 5.91 Å². The number of rotatable bonds is 3. The summed E-state index contributed by atoms with van der Waals surface area (Å²) in [5.74, 6) is 0.0761. The zero-order chi connectivity index (χ0) is 17.9. The number of nitrogens with zero attached hydrogens (tertiary/aromatic N) is 2. The molecule has 1 fully saturated rings. The van der Waals surface area contributed by atoms with Crippen molar-refractivity contribution in [1.82, 2.24) is 4.90 Å². The maximum Gasteiger partial charge on any atom is 0.254 e. The molecular formula is C22H24N2O2. The van der Waals surface area contributed by atoms with Crippen molar-refractivity contribution in [3.63, 3.8) is 0 Å². The number of ether oxygens (including phenoxy) is 1. The number of hydrogen-bond donors (Lipinski definition) is 0. The van der Waals surface area contributed by atoms with Gasteiger partial charge in [-0.3, -0.25) is 4.79 Å². The van der Waals surface area contributed by atoms with Crippen LogP contribution in [0.1, 0.15) is 28.9 Å². The summed E-state index contributed by atoms with van der Waals surface area (Å²) in [4.78, 5) is 17.2. The molecule has 2 aromatic rings. The van der Waals surface area contributed by atoms with Gasteiger partial charge in [-0.25, -0.2) is 0 Å². The Morgan fingerprint density at radius 1 is 0.962 bits per heavy atom. The molecule has 4 rings (SSSR count). The molecular weight excluding hydrogens is 324 g/mol. The Morgan fingerprint density at radius 3 is 2.35 bits per heavy atom. The van der Waals surface area contributed by atoms with Crippen molar-refractivity contribution in [3.05, 3.63) is 77.9 Å². The molecule has 2 aromatic carbocycles. The van der Waals surface area contributed by atoms with E-state index in [4.69, 9.17) is 4.74 Å². The molecule has 4 heteroatoms. The smallest absolute Gasteiger partial charge is 0.254 e. The summed E-state index contributed by atoms with van der Waals surface area (Å²) in [5, 5.41) is 0. The predicted molar refractivity (Wildman–Crippen MR) is 103 cm³/mol. The average Bonchev–Trinajstić information content (AvgIpc) is 3.22. The molecule has 0 saturated carbocycles. The first-order chi connectivity index (χ1) is 12.7. The highest BCUT2D eigenvalue weighted by Gasteiger charge is 2.29. The lowest BCUT2D eigenvalue weighted by molar-refractivity contribution is -0.0691. The van der Waals surface area contributed by atoms with Gasteiger partial charge >= 0.3 is 0 Å². The summed E-state index contributed by atoms with van der Waals surface area (Å²) >= 11 is 0. The van der Waals surface area contributed by atoms with Crippen LogP contribution in [-0.2, 0) is 4.74 Å². The van der Waals surface area contributed by atoms with E-state index in [0.29, 0.717) is 13.1 Å². The lowest BCUT2D eigenvalue weighted by Crippen LogP contribution is -2.45. The van der Waals surface area contributed by atoms with E-state index in [-0.39, 0.29) is 18.1 Å². The van der Waals surface area contributed by atoms with Gasteiger partial charge in [-0.1, -0.05) is 42.5 Å². The van der Waals surface area contributed by atoms with Crippen LogP contribution < -0.4 is 4.90 Å². The van der Waals surface area contributed by atoms with E-state index < -0.39 is 0 Å². The second-order valence-corrected chi connectivity index (χ2v) is 6.98. The quantitative estimate of drug-likeness (QED) is 0.794. The van der Waals surface area contributed by atoms with Gasteiger partial charge in [0.05, 0.1) is 12.6 Å². The molecule has 0 N–H and O–H groups in total. The number of amides is 1. The molecule has 4 nitrogen and oxygen atoms in total. The van der Waals surface area contributed by atoms with Crippen LogP contribution in [-0.4, -0.2) is 43.1 Å². The molecule has 134 valence electrons. The molecule has 0 radical (unpaired) electrons. The third kappa shape index (κ3) is 3.51. The van der Waals surface area contributed by atoms with Gasteiger partial charge < -0.3 is 14.5 Å². The SMILES string of the molecule is C[C@@H]1CN(C(=O)c2ccc(N3CC=CC3)cc2)C[C@H](c2ccccc2)O1.